The fraction of sp³-hybridized carbons (Fsp3) is 0.176. The molecule has 6 rings (SSSR count). The van der Waals surface area contributed by atoms with Crippen molar-refractivity contribution >= 4 is 21.5 Å². The molecule has 40 heavy (non-hydrogen) atoms. The minimum absolute atomic E-state index is 0.729. The van der Waals surface area contributed by atoms with E-state index in [1.807, 2.05) is 49.1 Å². The van der Waals surface area contributed by atoms with E-state index in [1.165, 1.54) is 21.5 Å². The van der Waals surface area contributed by atoms with Gasteiger partial charge in [-0.3, -0.25) is 29.7 Å². The van der Waals surface area contributed by atoms with E-state index in [9.17, 15) is 0 Å². The van der Waals surface area contributed by atoms with Crippen molar-refractivity contribution in [1.82, 2.24) is 29.7 Å². The zero-order valence-corrected chi connectivity index (χ0v) is 22.5. The van der Waals surface area contributed by atoms with Crippen molar-refractivity contribution in [3.8, 4) is 0 Å². The summed E-state index contributed by atoms with van der Waals surface area (Å²) >= 11 is 0. The Bertz CT molecular complexity index is 1540. The molecule has 0 N–H and O–H groups in total. The Morgan fingerprint density at radius 2 is 0.850 bits per heavy atom. The standard InChI is InChI=1S/C34H32N6/c1-3-13-31-27(9-1)15-19-37-33(31)25-40(26-34-32-14-4-2-10-28(32)16-20-38-34)22-21-39(23-29-11-5-7-17-35-29)24-30-12-6-8-18-36-30/h1-20H,21-26H2. The molecule has 2 aromatic carbocycles. The van der Waals surface area contributed by atoms with E-state index in [0.717, 1.165) is 62.0 Å². The summed E-state index contributed by atoms with van der Waals surface area (Å²) in [4.78, 5) is 23.7. The van der Waals surface area contributed by atoms with Gasteiger partial charge >= 0.3 is 0 Å². The Kier molecular flexibility index (Phi) is 8.08. The average molecular weight is 525 g/mol. The summed E-state index contributed by atoms with van der Waals surface area (Å²) < 4.78 is 0. The maximum Gasteiger partial charge on any atom is 0.0622 e. The molecule has 0 bridgehead atoms. The third-order valence-electron chi connectivity index (χ3n) is 7.22. The molecule has 6 heteroatoms. The van der Waals surface area contributed by atoms with Crippen LogP contribution in [0.4, 0.5) is 0 Å². The third kappa shape index (κ3) is 6.37. The van der Waals surface area contributed by atoms with E-state index in [0.29, 0.717) is 0 Å². The highest BCUT2D eigenvalue weighted by Gasteiger charge is 2.16. The summed E-state index contributed by atoms with van der Waals surface area (Å²) in [5.41, 5.74) is 4.27. The number of aromatic nitrogens is 4. The van der Waals surface area contributed by atoms with Gasteiger partial charge in [0.1, 0.15) is 0 Å². The fourth-order valence-corrected chi connectivity index (χ4v) is 5.19. The molecule has 198 valence electrons. The van der Waals surface area contributed by atoms with Crippen molar-refractivity contribution in [1.29, 1.82) is 0 Å². The molecule has 0 aliphatic heterocycles. The molecule has 0 atom stereocenters. The van der Waals surface area contributed by atoms with E-state index in [1.54, 1.807) is 0 Å². The van der Waals surface area contributed by atoms with Gasteiger partial charge in [0.2, 0.25) is 0 Å². The van der Waals surface area contributed by atoms with E-state index < -0.39 is 0 Å². The molecule has 4 heterocycles. The molecule has 0 spiro atoms. The van der Waals surface area contributed by atoms with Gasteiger partial charge in [-0.15, -0.1) is 0 Å². The maximum absolute atomic E-state index is 4.82. The van der Waals surface area contributed by atoms with Gasteiger partial charge in [0, 0.05) is 74.8 Å². The van der Waals surface area contributed by atoms with Crippen LogP contribution in [0.25, 0.3) is 21.5 Å². The van der Waals surface area contributed by atoms with Gasteiger partial charge in [0.05, 0.1) is 22.8 Å². The SMILES string of the molecule is c1ccc(CN(CCN(Cc2nccc3ccccc23)Cc2nccc3ccccc23)Cc2ccccn2)nc1. The molecule has 0 unspecified atom stereocenters. The van der Waals surface area contributed by atoms with Crippen molar-refractivity contribution in [2.45, 2.75) is 26.2 Å². The molecular formula is C34H32N6. The van der Waals surface area contributed by atoms with E-state index in [2.05, 4.69) is 92.6 Å². The normalized spacial score (nSPS) is 11.6. The van der Waals surface area contributed by atoms with Gasteiger partial charge in [0.25, 0.3) is 0 Å². The van der Waals surface area contributed by atoms with Crippen LogP contribution in [0.15, 0.2) is 122 Å². The van der Waals surface area contributed by atoms with Crippen molar-refractivity contribution in [3.05, 3.63) is 145 Å². The molecule has 0 aliphatic rings. The molecule has 0 saturated heterocycles. The lowest BCUT2D eigenvalue weighted by Gasteiger charge is -2.28. The largest absolute Gasteiger partial charge is 0.290 e. The summed E-state index contributed by atoms with van der Waals surface area (Å²) in [6.45, 7) is 4.66. The number of pyridine rings is 4. The van der Waals surface area contributed by atoms with Crippen molar-refractivity contribution in [3.63, 3.8) is 0 Å². The van der Waals surface area contributed by atoms with Crippen LogP contribution in [0.3, 0.4) is 0 Å². The van der Waals surface area contributed by atoms with Crippen LogP contribution in [-0.4, -0.2) is 42.8 Å². The predicted molar refractivity (Wildman–Crippen MR) is 160 cm³/mol. The number of benzene rings is 2. The van der Waals surface area contributed by atoms with Crippen LogP contribution >= 0.6 is 0 Å². The van der Waals surface area contributed by atoms with Gasteiger partial charge in [-0.25, -0.2) is 0 Å². The van der Waals surface area contributed by atoms with Crippen LogP contribution in [0.5, 0.6) is 0 Å². The lowest BCUT2D eigenvalue weighted by atomic mass is 10.1. The summed E-state index contributed by atoms with van der Waals surface area (Å²) in [6, 6.07) is 33.3. The highest BCUT2D eigenvalue weighted by molar-refractivity contribution is 5.85. The monoisotopic (exact) mass is 524 g/mol. The number of rotatable bonds is 11. The second-order valence-electron chi connectivity index (χ2n) is 10.0. The lowest BCUT2D eigenvalue weighted by Crippen LogP contribution is -2.35. The zero-order chi connectivity index (χ0) is 27.0. The third-order valence-corrected chi connectivity index (χ3v) is 7.22. The van der Waals surface area contributed by atoms with Crippen molar-refractivity contribution < 1.29 is 0 Å². The van der Waals surface area contributed by atoms with E-state index in [4.69, 9.17) is 9.97 Å². The molecule has 0 fully saturated rings. The van der Waals surface area contributed by atoms with Gasteiger partial charge in [-0.05, 0) is 47.2 Å². The summed E-state index contributed by atoms with van der Waals surface area (Å²) in [5.74, 6) is 0. The first-order valence-corrected chi connectivity index (χ1v) is 13.7. The molecular weight excluding hydrogens is 492 g/mol. The van der Waals surface area contributed by atoms with Gasteiger partial charge in [-0.1, -0.05) is 60.7 Å². The molecule has 6 nitrogen and oxygen atoms in total. The molecule has 0 amide bonds. The Morgan fingerprint density at radius 1 is 0.400 bits per heavy atom. The molecule has 0 radical (unpaired) electrons. The van der Waals surface area contributed by atoms with Crippen LogP contribution in [-0.2, 0) is 26.2 Å². The second-order valence-corrected chi connectivity index (χ2v) is 10.0. The Labute approximate surface area is 235 Å². The Morgan fingerprint density at radius 3 is 1.32 bits per heavy atom. The maximum atomic E-state index is 4.82. The number of hydrogen-bond acceptors (Lipinski definition) is 6. The second kappa shape index (κ2) is 12.6. The van der Waals surface area contributed by atoms with Gasteiger partial charge in [0.15, 0.2) is 0 Å². The van der Waals surface area contributed by atoms with E-state index in [-0.39, 0.29) is 0 Å². The van der Waals surface area contributed by atoms with E-state index >= 15 is 0 Å². The van der Waals surface area contributed by atoms with Crippen LogP contribution in [0, 0.1) is 0 Å². The Balaban J connectivity index is 1.29. The highest BCUT2D eigenvalue weighted by Crippen LogP contribution is 2.22. The van der Waals surface area contributed by atoms with Crippen molar-refractivity contribution in [2.75, 3.05) is 13.1 Å². The number of fused-ring (bicyclic) bond motifs is 2. The Hall–Kier alpha value is -4.52. The van der Waals surface area contributed by atoms with Gasteiger partial charge in [-0.2, -0.15) is 0 Å². The minimum Gasteiger partial charge on any atom is -0.290 e. The van der Waals surface area contributed by atoms with Crippen LogP contribution < -0.4 is 0 Å². The lowest BCUT2D eigenvalue weighted by molar-refractivity contribution is 0.179. The number of hydrogen-bond donors (Lipinski definition) is 0. The first-order chi connectivity index (χ1) is 19.8. The summed E-state index contributed by atoms with van der Waals surface area (Å²) in [6.07, 6.45) is 7.55. The highest BCUT2D eigenvalue weighted by atomic mass is 15.2. The average Bonchev–Trinajstić information content (AvgIpc) is 3.01. The zero-order valence-electron chi connectivity index (χ0n) is 22.5. The smallest absolute Gasteiger partial charge is 0.0622 e. The van der Waals surface area contributed by atoms with Crippen LogP contribution in [0.1, 0.15) is 22.8 Å². The fourth-order valence-electron chi connectivity index (χ4n) is 5.19. The predicted octanol–water partition coefficient (Wildman–Crippen LogP) is 6.28. The minimum atomic E-state index is 0.729. The quantitative estimate of drug-likeness (QED) is 0.199. The molecule has 0 aliphatic carbocycles. The van der Waals surface area contributed by atoms with Crippen LogP contribution in [0.2, 0.25) is 0 Å². The first kappa shape index (κ1) is 25.7. The summed E-state index contributed by atoms with van der Waals surface area (Å²) in [5, 5.41) is 4.81. The van der Waals surface area contributed by atoms with Gasteiger partial charge < -0.3 is 0 Å². The summed E-state index contributed by atoms with van der Waals surface area (Å²) in [7, 11) is 0. The van der Waals surface area contributed by atoms with Crippen molar-refractivity contribution in [2.24, 2.45) is 0 Å². The first-order valence-electron chi connectivity index (χ1n) is 13.7. The topological polar surface area (TPSA) is 58.0 Å². The number of nitrogens with zero attached hydrogens (tertiary/aromatic N) is 6. The molecule has 4 aromatic heterocycles. The molecule has 6 aromatic rings. The molecule has 0 saturated carbocycles.